The third kappa shape index (κ3) is 5.92. The average molecular weight is 415 g/mol. The van der Waals surface area contributed by atoms with E-state index in [-0.39, 0.29) is 12.1 Å². The van der Waals surface area contributed by atoms with Crippen LogP contribution < -0.4 is 10.3 Å². The minimum atomic E-state index is -0.425. The van der Waals surface area contributed by atoms with Crippen molar-refractivity contribution >= 4 is 11.6 Å². The van der Waals surface area contributed by atoms with Crippen LogP contribution in [0.2, 0.25) is 5.02 Å². The Kier molecular flexibility index (Phi) is 7.07. The van der Waals surface area contributed by atoms with Crippen molar-refractivity contribution in [3.8, 4) is 16.9 Å². The van der Waals surface area contributed by atoms with E-state index >= 15 is 0 Å². The molecule has 0 aliphatic rings. The van der Waals surface area contributed by atoms with E-state index in [1.165, 1.54) is 16.7 Å². The highest BCUT2D eigenvalue weighted by Gasteiger charge is 2.07. The number of hydrogen-bond acceptors (Lipinski definition) is 3. The zero-order chi connectivity index (χ0) is 20.8. The summed E-state index contributed by atoms with van der Waals surface area (Å²) in [6.45, 7) is 1.78. The maximum atomic E-state index is 14.1. The van der Waals surface area contributed by atoms with Crippen LogP contribution in [-0.2, 0) is 6.54 Å². The summed E-state index contributed by atoms with van der Waals surface area (Å²) in [5.74, 6) is 0.384. The molecule has 0 saturated carbocycles. The largest absolute Gasteiger partial charge is 0.494 e. The number of rotatable bonds is 8. The summed E-state index contributed by atoms with van der Waals surface area (Å²) < 4.78 is 21.3. The minimum absolute atomic E-state index is 0.142. The van der Waals surface area contributed by atoms with Gasteiger partial charge in [0.1, 0.15) is 11.6 Å². The lowest BCUT2D eigenvalue weighted by Crippen LogP contribution is -2.19. The number of aromatic nitrogens is 1. The summed E-state index contributed by atoms with van der Waals surface area (Å²) >= 11 is 5.80. The molecule has 0 N–H and O–H groups in total. The molecule has 3 aromatic rings. The van der Waals surface area contributed by atoms with Gasteiger partial charge in [-0.2, -0.15) is 0 Å². The van der Waals surface area contributed by atoms with Crippen molar-refractivity contribution in [3.05, 3.63) is 87.6 Å². The van der Waals surface area contributed by atoms with Gasteiger partial charge in [-0.3, -0.25) is 4.79 Å². The van der Waals surface area contributed by atoms with Crippen LogP contribution in [0.25, 0.3) is 11.1 Å². The maximum Gasteiger partial charge on any atom is 0.250 e. The molecule has 4 nitrogen and oxygen atoms in total. The summed E-state index contributed by atoms with van der Waals surface area (Å²) in [4.78, 5) is 14.3. The third-order valence-electron chi connectivity index (χ3n) is 4.55. The molecule has 6 heteroatoms. The highest BCUT2D eigenvalue weighted by Crippen LogP contribution is 2.22. The van der Waals surface area contributed by atoms with Gasteiger partial charge >= 0.3 is 0 Å². The van der Waals surface area contributed by atoms with E-state index in [2.05, 4.69) is 4.90 Å². The number of pyridine rings is 1. The van der Waals surface area contributed by atoms with Gasteiger partial charge in [-0.1, -0.05) is 29.8 Å². The molecule has 0 atom stereocenters. The monoisotopic (exact) mass is 414 g/mol. The van der Waals surface area contributed by atoms with Gasteiger partial charge in [-0.05, 0) is 62.0 Å². The first-order chi connectivity index (χ1) is 13.9. The predicted molar refractivity (Wildman–Crippen MR) is 115 cm³/mol. The maximum absolute atomic E-state index is 14.1. The number of benzene rings is 2. The Labute approximate surface area is 175 Å². The predicted octanol–water partition coefficient (Wildman–Crippen LogP) is 4.69. The van der Waals surface area contributed by atoms with E-state index in [9.17, 15) is 9.18 Å². The number of nitrogens with zero attached hydrogens (tertiary/aromatic N) is 2. The smallest absolute Gasteiger partial charge is 0.250 e. The Morgan fingerprint density at radius 3 is 2.45 bits per heavy atom. The van der Waals surface area contributed by atoms with Crippen LogP contribution in [0.1, 0.15) is 12.0 Å². The molecule has 0 spiro atoms. The lowest BCUT2D eigenvalue weighted by molar-refractivity contribution is 0.281. The lowest BCUT2D eigenvalue weighted by atomic mass is 10.1. The molecule has 0 fully saturated rings. The Morgan fingerprint density at radius 2 is 1.76 bits per heavy atom. The minimum Gasteiger partial charge on any atom is -0.494 e. The Balaban J connectivity index is 1.72. The molecule has 0 unspecified atom stereocenters. The fourth-order valence-corrected chi connectivity index (χ4v) is 3.13. The van der Waals surface area contributed by atoms with Gasteiger partial charge in [-0.25, -0.2) is 4.39 Å². The van der Waals surface area contributed by atoms with Crippen molar-refractivity contribution in [1.82, 2.24) is 9.47 Å². The van der Waals surface area contributed by atoms with Gasteiger partial charge in [0, 0.05) is 29.4 Å². The molecule has 3 rings (SSSR count). The summed E-state index contributed by atoms with van der Waals surface area (Å²) in [6.07, 6.45) is 2.70. The van der Waals surface area contributed by atoms with E-state index in [1.54, 1.807) is 24.4 Å². The Hall–Kier alpha value is -2.63. The van der Waals surface area contributed by atoms with E-state index in [4.69, 9.17) is 16.3 Å². The summed E-state index contributed by atoms with van der Waals surface area (Å²) in [6, 6.07) is 15.5. The molecule has 0 bridgehead atoms. The van der Waals surface area contributed by atoms with Crippen molar-refractivity contribution in [3.63, 3.8) is 0 Å². The average Bonchev–Trinajstić information content (AvgIpc) is 2.69. The van der Waals surface area contributed by atoms with E-state index < -0.39 is 5.82 Å². The van der Waals surface area contributed by atoms with Crippen LogP contribution in [0.5, 0.6) is 5.75 Å². The molecule has 29 heavy (non-hydrogen) atoms. The molecule has 0 saturated heterocycles. The second-order valence-electron chi connectivity index (χ2n) is 7.15. The van der Waals surface area contributed by atoms with Crippen LogP contribution in [0.15, 0.2) is 65.6 Å². The molecule has 1 heterocycles. The van der Waals surface area contributed by atoms with Crippen molar-refractivity contribution in [2.45, 2.75) is 13.0 Å². The van der Waals surface area contributed by atoms with E-state index in [0.717, 1.165) is 29.8 Å². The molecule has 0 aliphatic heterocycles. The third-order valence-corrected chi connectivity index (χ3v) is 4.78. The standard InChI is InChI=1S/C23H24ClFN2O2/c1-26(2)12-3-13-29-21-9-5-17(6-10-21)18-7-11-23(28)27(15-18)16-19-4-8-20(24)14-22(19)25/h4-11,14-15H,3,12-13,16H2,1-2H3. The quantitative estimate of drug-likeness (QED) is 0.502. The molecule has 0 radical (unpaired) electrons. The van der Waals surface area contributed by atoms with Crippen molar-refractivity contribution in [1.29, 1.82) is 0 Å². The SMILES string of the molecule is CN(C)CCCOc1ccc(-c2ccc(=O)n(Cc3ccc(Cl)cc3F)c2)cc1. The fraction of sp³-hybridized carbons (Fsp3) is 0.261. The normalized spacial score (nSPS) is 11.1. The zero-order valence-corrected chi connectivity index (χ0v) is 17.3. The first-order valence-corrected chi connectivity index (χ1v) is 9.82. The second-order valence-corrected chi connectivity index (χ2v) is 7.59. The molecular formula is C23H24ClFN2O2. The van der Waals surface area contributed by atoms with Crippen LogP contribution in [0.3, 0.4) is 0 Å². The molecule has 0 amide bonds. The van der Waals surface area contributed by atoms with E-state index in [1.807, 2.05) is 38.4 Å². The number of hydrogen-bond donors (Lipinski definition) is 0. The van der Waals surface area contributed by atoms with Gasteiger partial charge in [0.2, 0.25) is 0 Å². The zero-order valence-electron chi connectivity index (χ0n) is 16.6. The van der Waals surface area contributed by atoms with Gasteiger partial charge < -0.3 is 14.2 Å². The summed E-state index contributed by atoms with van der Waals surface area (Å²) in [5.41, 5.74) is 2.05. The van der Waals surface area contributed by atoms with Gasteiger partial charge in [0.05, 0.1) is 13.2 Å². The highest BCUT2D eigenvalue weighted by atomic mass is 35.5. The van der Waals surface area contributed by atoms with Crippen LogP contribution in [0, 0.1) is 5.82 Å². The Morgan fingerprint density at radius 1 is 1.03 bits per heavy atom. The van der Waals surface area contributed by atoms with Crippen LogP contribution in [-0.4, -0.2) is 36.7 Å². The highest BCUT2D eigenvalue weighted by molar-refractivity contribution is 6.30. The summed E-state index contributed by atoms with van der Waals surface area (Å²) in [7, 11) is 4.07. The summed E-state index contributed by atoms with van der Waals surface area (Å²) in [5, 5.41) is 0.330. The van der Waals surface area contributed by atoms with Crippen molar-refractivity contribution in [2.24, 2.45) is 0 Å². The fourth-order valence-electron chi connectivity index (χ4n) is 2.97. The van der Waals surface area contributed by atoms with Gasteiger partial charge in [0.25, 0.3) is 5.56 Å². The number of halogens is 2. The molecule has 0 aliphatic carbocycles. The lowest BCUT2D eigenvalue weighted by Gasteiger charge is -2.12. The first kappa shape index (κ1) is 21.1. The number of ether oxygens (including phenoxy) is 1. The van der Waals surface area contributed by atoms with Crippen molar-refractivity contribution in [2.75, 3.05) is 27.2 Å². The Bertz CT molecular complexity index is 1020. The molecular weight excluding hydrogens is 391 g/mol. The molecule has 152 valence electrons. The van der Waals surface area contributed by atoms with Gasteiger partial charge in [-0.15, -0.1) is 0 Å². The molecule has 2 aromatic carbocycles. The van der Waals surface area contributed by atoms with Crippen LogP contribution in [0.4, 0.5) is 4.39 Å². The topological polar surface area (TPSA) is 34.5 Å². The second kappa shape index (κ2) is 9.72. The first-order valence-electron chi connectivity index (χ1n) is 9.45. The van der Waals surface area contributed by atoms with Gasteiger partial charge in [0.15, 0.2) is 0 Å². The van der Waals surface area contributed by atoms with E-state index in [0.29, 0.717) is 17.2 Å². The molecule has 1 aromatic heterocycles. The van der Waals surface area contributed by atoms with Crippen molar-refractivity contribution < 1.29 is 9.13 Å². The van der Waals surface area contributed by atoms with Crippen LogP contribution >= 0.6 is 11.6 Å².